The van der Waals surface area contributed by atoms with Gasteiger partial charge in [-0.2, -0.15) is 5.26 Å². The Kier molecular flexibility index (Phi) is 3.88. The minimum atomic E-state index is 0.422. The molecule has 7 rings (SSSR count). The SMILES string of the molecule is N#Cc1ncccc1-c1cccc(-n2c3ccccc3c3cc4c(cc32)oc2ccccc24)c1. The van der Waals surface area contributed by atoms with Crippen LogP contribution in [0.4, 0.5) is 0 Å². The van der Waals surface area contributed by atoms with Gasteiger partial charge in [0.15, 0.2) is 0 Å². The van der Waals surface area contributed by atoms with Gasteiger partial charge in [-0.3, -0.25) is 0 Å². The van der Waals surface area contributed by atoms with Crippen molar-refractivity contribution in [3.05, 3.63) is 109 Å². The van der Waals surface area contributed by atoms with Crippen molar-refractivity contribution in [1.82, 2.24) is 9.55 Å². The maximum absolute atomic E-state index is 9.55. The number of hydrogen-bond acceptors (Lipinski definition) is 3. The smallest absolute Gasteiger partial charge is 0.148 e. The molecule has 0 saturated carbocycles. The summed E-state index contributed by atoms with van der Waals surface area (Å²) in [6, 6.07) is 35.3. The van der Waals surface area contributed by atoms with E-state index in [2.05, 4.69) is 70.2 Å². The van der Waals surface area contributed by atoms with Crippen LogP contribution in [0.15, 0.2) is 108 Å². The van der Waals surface area contributed by atoms with E-state index in [0.717, 1.165) is 49.8 Å². The number of fused-ring (bicyclic) bond motifs is 6. The normalized spacial score (nSPS) is 11.5. The van der Waals surface area contributed by atoms with Gasteiger partial charge in [0, 0.05) is 45.1 Å². The van der Waals surface area contributed by atoms with Crippen LogP contribution < -0.4 is 0 Å². The zero-order valence-corrected chi connectivity index (χ0v) is 18.1. The van der Waals surface area contributed by atoms with Crippen LogP contribution in [-0.2, 0) is 0 Å². The lowest BCUT2D eigenvalue weighted by atomic mass is 10.0. The first-order valence-corrected chi connectivity index (χ1v) is 11.1. The van der Waals surface area contributed by atoms with Gasteiger partial charge in [0.2, 0.25) is 0 Å². The number of nitrogens with zero attached hydrogens (tertiary/aromatic N) is 3. The molecule has 34 heavy (non-hydrogen) atoms. The summed E-state index contributed by atoms with van der Waals surface area (Å²) in [5.41, 5.74) is 7.19. The molecule has 0 amide bonds. The van der Waals surface area contributed by atoms with Crippen LogP contribution in [-0.4, -0.2) is 9.55 Å². The quantitative estimate of drug-likeness (QED) is 0.281. The highest BCUT2D eigenvalue weighted by molar-refractivity contribution is 6.17. The van der Waals surface area contributed by atoms with Gasteiger partial charge in [0.1, 0.15) is 22.9 Å². The Hall–Kier alpha value is -4.88. The molecule has 0 atom stereocenters. The average Bonchev–Trinajstić information content (AvgIpc) is 3.42. The van der Waals surface area contributed by atoms with Crippen LogP contribution in [0.2, 0.25) is 0 Å². The van der Waals surface area contributed by atoms with E-state index in [1.165, 1.54) is 10.8 Å². The van der Waals surface area contributed by atoms with E-state index in [9.17, 15) is 5.26 Å². The first-order valence-electron chi connectivity index (χ1n) is 11.1. The number of aromatic nitrogens is 2. The van der Waals surface area contributed by atoms with E-state index in [-0.39, 0.29) is 0 Å². The van der Waals surface area contributed by atoms with Crippen molar-refractivity contribution in [2.45, 2.75) is 0 Å². The summed E-state index contributed by atoms with van der Waals surface area (Å²) in [7, 11) is 0. The third-order valence-corrected chi connectivity index (χ3v) is 6.50. The molecular formula is C30H17N3O. The fourth-order valence-electron chi connectivity index (χ4n) is 5.01. The molecule has 0 aliphatic rings. The zero-order valence-electron chi connectivity index (χ0n) is 18.1. The number of para-hydroxylation sites is 2. The molecule has 0 spiro atoms. The van der Waals surface area contributed by atoms with Gasteiger partial charge < -0.3 is 8.98 Å². The monoisotopic (exact) mass is 435 g/mol. The summed E-state index contributed by atoms with van der Waals surface area (Å²) >= 11 is 0. The highest BCUT2D eigenvalue weighted by Crippen LogP contribution is 2.38. The second kappa shape index (κ2) is 7.06. The number of nitriles is 1. The molecule has 0 radical (unpaired) electrons. The lowest BCUT2D eigenvalue weighted by molar-refractivity contribution is 0.669. The number of rotatable bonds is 2. The summed E-state index contributed by atoms with van der Waals surface area (Å²) in [6.45, 7) is 0. The molecule has 158 valence electrons. The van der Waals surface area contributed by atoms with Crippen molar-refractivity contribution in [2.24, 2.45) is 0 Å². The molecule has 7 aromatic rings. The van der Waals surface area contributed by atoms with Crippen LogP contribution >= 0.6 is 0 Å². The number of furan rings is 1. The summed E-state index contributed by atoms with van der Waals surface area (Å²) in [6.07, 6.45) is 1.65. The summed E-state index contributed by atoms with van der Waals surface area (Å²) < 4.78 is 8.48. The Bertz CT molecular complexity index is 1930. The minimum Gasteiger partial charge on any atom is -0.456 e. The molecule has 0 bridgehead atoms. The molecule has 4 aromatic carbocycles. The second-order valence-corrected chi connectivity index (χ2v) is 8.38. The van der Waals surface area contributed by atoms with E-state index in [0.29, 0.717) is 5.69 Å². The van der Waals surface area contributed by atoms with E-state index >= 15 is 0 Å². The van der Waals surface area contributed by atoms with Crippen molar-refractivity contribution in [2.75, 3.05) is 0 Å². The van der Waals surface area contributed by atoms with Gasteiger partial charge in [-0.15, -0.1) is 0 Å². The topological polar surface area (TPSA) is 54.8 Å². The van der Waals surface area contributed by atoms with Crippen molar-refractivity contribution in [1.29, 1.82) is 5.26 Å². The average molecular weight is 435 g/mol. The van der Waals surface area contributed by atoms with E-state index in [4.69, 9.17) is 4.42 Å². The third kappa shape index (κ3) is 2.61. The predicted molar refractivity (Wildman–Crippen MR) is 136 cm³/mol. The van der Waals surface area contributed by atoms with Crippen LogP contribution in [0.5, 0.6) is 0 Å². The molecule has 4 heteroatoms. The first kappa shape index (κ1) is 18.7. The molecule has 0 aliphatic heterocycles. The molecule has 0 unspecified atom stereocenters. The zero-order chi connectivity index (χ0) is 22.6. The van der Waals surface area contributed by atoms with Crippen LogP contribution in [0.25, 0.3) is 60.6 Å². The van der Waals surface area contributed by atoms with Crippen molar-refractivity contribution >= 4 is 43.7 Å². The van der Waals surface area contributed by atoms with E-state index in [1.807, 2.05) is 42.5 Å². The molecule has 0 aliphatic carbocycles. The van der Waals surface area contributed by atoms with Crippen LogP contribution in [0, 0.1) is 11.3 Å². The minimum absolute atomic E-state index is 0.422. The van der Waals surface area contributed by atoms with Gasteiger partial charge in [0.25, 0.3) is 0 Å². The Morgan fingerprint density at radius 2 is 1.53 bits per heavy atom. The van der Waals surface area contributed by atoms with Crippen LogP contribution in [0.1, 0.15) is 5.69 Å². The molecule has 3 aromatic heterocycles. The Morgan fingerprint density at radius 1 is 0.676 bits per heavy atom. The van der Waals surface area contributed by atoms with E-state index < -0.39 is 0 Å². The molecule has 0 saturated heterocycles. The van der Waals surface area contributed by atoms with Crippen molar-refractivity contribution < 1.29 is 4.42 Å². The van der Waals surface area contributed by atoms with Gasteiger partial charge in [-0.1, -0.05) is 48.5 Å². The lowest BCUT2D eigenvalue weighted by Gasteiger charge is -2.10. The van der Waals surface area contributed by atoms with Gasteiger partial charge >= 0.3 is 0 Å². The summed E-state index contributed by atoms with van der Waals surface area (Å²) in [5, 5.41) is 14.2. The molecule has 4 nitrogen and oxygen atoms in total. The van der Waals surface area contributed by atoms with Crippen molar-refractivity contribution in [3.8, 4) is 22.9 Å². The van der Waals surface area contributed by atoms with Gasteiger partial charge in [0.05, 0.1) is 11.0 Å². The standard InChI is InChI=1S/C30H17N3O/c31-18-26-21(11-6-14-32-26)19-7-5-8-20(15-19)33-27-12-3-1-9-22(27)24-16-25-23-10-2-4-13-29(23)34-30(25)17-28(24)33/h1-17H. The van der Waals surface area contributed by atoms with Gasteiger partial charge in [-0.25, -0.2) is 4.98 Å². The molecule has 3 heterocycles. The highest BCUT2D eigenvalue weighted by atomic mass is 16.3. The maximum atomic E-state index is 9.55. The Labute approximate surface area is 194 Å². The maximum Gasteiger partial charge on any atom is 0.148 e. The Morgan fingerprint density at radius 3 is 2.44 bits per heavy atom. The predicted octanol–water partition coefficient (Wildman–Crippen LogP) is 7.62. The molecule has 0 fully saturated rings. The molecular weight excluding hydrogens is 418 g/mol. The highest BCUT2D eigenvalue weighted by Gasteiger charge is 2.16. The number of benzene rings is 4. The second-order valence-electron chi connectivity index (χ2n) is 8.38. The summed E-state index contributed by atoms with van der Waals surface area (Å²) in [5.74, 6) is 0. The number of pyridine rings is 1. The van der Waals surface area contributed by atoms with Crippen LogP contribution in [0.3, 0.4) is 0 Å². The fourth-order valence-corrected chi connectivity index (χ4v) is 5.01. The lowest BCUT2D eigenvalue weighted by Crippen LogP contribution is -1.95. The first-order chi connectivity index (χ1) is 16.8. The summed E-state index contributed by atoms with van der Waals surface area (Å²) in [4.78, 5) is 4.24. The van der Waals surface area contributed by atoms with Crippen molar-refractivity contribution in [3.63, 3.8) is 0 Å². The molecule has 0 N–H and O–H groups in total. The van der Waals surface area contributed by atoms with Gasteiger partial charge in [-0.05, 0) is 48.0 Å². The largest absolute Gasteiger partial charge is 0.456 e. The third-order valence-electron chi connectivity index (χ3n) is 6.50. The Balaban J connectivity index is 1.56. The number of hydrogen-bond donors (Lipinski definition) is 0. The van der Waals surface area contributed by atoms with E-state index in [1.54, 1.807) is 6.20 Å². The fraction of sp³-hybridized carbons (Fsp3) is 0.